The Labute approximate surface area is 148 Å². The summed E-state index contributed by atoms with van der Waals surface area (Å²) in [5.41, 5.74) is 1.81. The minimum absolute atomic E-state index is 0.0697. The van der Waals surface area contributed by atoms with Crippen LogP contribution in [0.2, 0.25) is 0 Å². The third kappa shape index (κ3) is 5.09. The molecule has 0 aliphatic carbocycles. The van der Waals surface area contributed by atoms with E-state index >= 15 is 0 Å². The Morgan fingerprint density at radius 2 is 2.12 bits per heavy atom. The molecule has 0 saturated carbocycles. The molecule has 1 aliphatic heterocycles. The molecular formula is C18H26N2O5. The van der Waals surface area contributed by atoms with Gasteiger partial charge in [0.25, 0.3) is 0 Å². The molecule has 1 aromatic rings. The number of carbonyl (C=O) groups is 2. The van der Waals surface area contributed by atoms with E-state index in [0.29, 0.717) is 25.4 Å². The van der Waals surface area contributed by atoms with E-state index in [1.54, 1.807) is 21.0 Å². The SMILES string of the molecule is CCOC(=O)CN1Cc2cc(OC)ccc2N(CC(C)O)CCC1=O. The van der Waals surface area contributed by atoms with Crippen molar-refractivity contribution in [3.8, 4) is 5.75 Å². The minimum Gasteiger partial charge on any atom is -0.497 e. The first-order valence-electron chi connectivity index (χ1n) is 8.48. The van der Waals surface area contributed by atoms with Crippen molar-refractivity contribution in [1.29, 1.82) is 0 Å². The number of nitrogens with zero attached hydrogens (tertiary/aromatic N) is 2. The molecule has 1 heterocycles. The van der Waals surface area contributed by atoms with E-state index in [2.05, 4.69) is 0 Å². The van der Waals surface area contributed by atoms with E-state index in [9.17, 15) is 14.7 Å². The summed E-state index contributed by atoms with van der Waals surface area (Å²) in [5, 5.41) is 9.77. The Morgan fingerprint density at radius 1 is 1.36 bits per heavy atom. The van der Waals surface area contributed by atoms with E-state index < -0.39 is 12.1 Å². The summed E-state index contributed by atoms with van der Waals surface area (Å²) in [6.45, 7) is 4.87. The highest BCUT2D eigenvalue weighted by Gasteiger charge is 2.25. The molecule has 0 saturated heterocycles. The Hall–Kier alpha value is -2.28. The number of benzene rings is 1. The van der Waals surface area contributed by atoms with Crippen LogP contribution in [0, 0.1) is 0 Å². The predicted octanol–water partition coefficient (Wildman–Crippen LogP) is 1.18. The Morgan fingerprint density at radius 3 is 2.76 bits per heavy atom. The summed E-state index contributed by atoms with van der Waals surface area (Å²) >= 11 is 0. The van der Waals surface area contributed by atoms with Gasteiger partial charge in [-0.2, -0.15) is 0 Å². The second-order valence-electron chi connectivity index (χ2n) is 6.09. The maximum Gasteiger partial charge on any atom is 0.325 e. The molecule has 1 atom stereocenters. The Kier molecular flexibility index (Phi) is 6.64. The van der Waals surface area contributed by atoms with E-state index in [-0.39, 0.29) is 25.5 Å². The lowest BCUT2D eigenvalue weighted by Crippen LogP contribution is -2.42. The largest absolute Gasteiger partial charge is 0.497 e. The van der Waals surface area contributed by atoms with Gasteiger partial charge in [0.2, 0.25) is 5.91 Å². The summed E-state index contributed by atoms with van der Waals surface area (Å²) in [5.74, 6) is 0.152. The van der Waals surface area contributed by atoms with Crippen LogP contribution in [-0.2, 0) is 20.9 Å². The van der Waals surface area contributed by atoms with Crippen LogP contribution in [0.15, 0.2) is 18.2 Å². The number of hydrogen-bond acceptors (Lipinski definition) is 6. The van der Waals surface area contributed by atoms with Gasteiger partial charge < -0.3 is 24.4 Å². The fourth-order valence-electron chi connectivity index (χ4n) is 2.94. The van der Waals surface area contributed by atoms with Crippen molar-refractivity contribution in [1.82, 2.24) is 4.90 Å². The maximum absolute atomic E-state index is 12.5. The summed E-state index contributed by atoms with van der Waals surface area (Å²) in [6, 6.07) is 5.64. The number of aliphatic hydroxyl groups is 1. The quantitative estimate of drug-likeness (QED) is 0.776. The molecule has 138 valence electrons. The van der Waals surface area contributed by atoms with Gasteiger partial charge in [0.15, 0.2) is 0 Å². The smallest absolute Gasteiger partial charge is 0.325 e. The van der Waals surface area contributed by atoms with Crippen LogP contribution in [0.1, 0.15) is 25.8 Å². The van der Waals surface area contributed by atoms with Crippen molar-refractivity contribution < 1.29 is 24.2 Å². The fourth-order valence-corrected chi connectivity index (χ4v) is 2.94. The lowest BCUT2D eigenvalue weighted by Gasteiger charge is -2.33. The third-order valence-electron chi connectivity index (χ3n) is 4.05. The highest BCUT2D eigenvalue weighted by molar-refractivity contribution is 5.83. The molecule has 0 spiro atoms. The van der Waals surface area contributed by atoms with Gasteiger partial charge in [0, 0.05) is 31.7 Å². The van der Waals surface area contributed by atoms with Gasteiger partial charge in [0.1, 0.15) is 12.3 Å². The van der Waals surface area contributed by atoms with E-state index in [4.69, 9.17) is 9.47 Å². The molecule has 7 heteroatoms. The molecule has 0 fully saturated rings. The number of hydrogen-bond donors (Lipinski definition) is 1. The minimum atomic E-state index is -0.514. The number of aliphatic hydroxyl groups excluding tert-OH is 1. The van der Waals surface area contributed by atoms with Crippen LogP contribution in [0.5, 0.6) is 5.75 Å². The number of carbonyl (C=O) groups excluding carboxylic acids is 2. The molecular weight excluding hydrogens is 324 g/mol. The number of fused-ring (bicyclic) bond motifs is 1. The average molecular weight is 350 g/mol. The first-order chi connectivity index (χ1) is 11.9. The molecule has 0 aromatic heterocycles. The zero-order chi connectivity index (χ0) is 18.4. The van der Waals surface area contributed by atoms with Gasteiger partial charge in [-0.1, -0.05) is 0 Å². The van der Waals surface area contributed by atoms with Gasteiger partial charge in [-0.05, 0) is 37.6 Å². The lowest BCUT2D eigenvalue weighted by atomic mass is 10.1. The van der Waals surface area contributed by atoms with Crippen molar-refractivity contribution in [3.63, 3.8) is 0 Å². The van der Waals surface area contributed by atoms with Crippen molar-refractivity contribution in [3.05, 3.63) is 23.8 Å². The molecule has 25 heavy (non-hydrogen) atoms. The molecule has 0 bridgehead atoms. The second-order valence-corrected chi connectivity index (χ2v) is 6.09. The lowest BCUT2D eigenvalue weighted by molar-refractivity contribution is -0.149. The van der Waals surface area contributed by atoms with Crippen LogP contribution < -0.4 is 9.64 Å². The molecule has 1 N–H and O–H groups in total. The van der Waals surface area contributed by atoms with Crippen LogP contribution in [-0.4, -0.2) is 61.3 Å². The summed E-state index contributed by atoms with van der Waals surface area (Å²) < 4.78 is 10.3. The number of anilines is 1. The Balaban J connectivity index is 2.32. The molecule has 7 nitrogen and oxygen atoms in total. The highest BCUT2D eigenvalue weighted by Crippen LogP contribution is 2.29. The maximum atomic E-state index is 12.5. The zero-order valence-corrected chi connectivity index (χ0v) is 15.0. The monoisotopic (exact) mass is 350 g/mol. The van der Waals surface area contributed by atoms with Gasteiger partial charge in [-0.3, -0.25) is 9.59 Å². The standard InChI is InChI=1S/C18H26N2O5/c1-4-25-18(23)12-20-11-14-9-15(24-3)5-6-16(14)19(10-13(2)21)8-7-17(20)22/h5-6,9,13,21H,4,7-8,10-12H2,1-3H3. The van der Waals surface area contributed by atoms with Gasteiger partial charge in [-0.25, -0.2) is 0 Å². The van der Waals surface area contributed by atoms with E-state index in [0.717, 1.165) is 11.3 Å². The number of β-amino-alcohol motifs (C(OH)–C–C–N with tert-alkyl or cyclic N) is 1. The molecule has 2 rings (SSSR count). The fraction of sp³-hybridized carbons (Fsp3) is 0.556. The molecule has 0 radical (unpaired) electrons. The highest BCUT2D eigenvalue weighted by atomic mass is 16.5. The van der Waals surface area contributed by atoms with Crippen LogP contribution >= 0.6 is 0 Å². The number of rotatable bonds is 6. The van der Waals surface area contributed by atoms with Gasteiger partial charge in [0.05, 0.1) is 19.8 Å². The number of methoxy groups -OCH3 is 1. The first kappa shape index (κ1) is 19.1. The van der Waals surface area contributed by atoms with Crippen LogP contribution in [0.3, 0.4) is 0 Å². The van der Waals surface area contributed by atoms with Gasteiger partial charge >= 0.3 is 5.97 Å². The van der Waals surface area contributed by atoms with Crippen molar-refractivity contribution >= 4 is 17.6 Å². The Bertz CT molecular complexity index is 617. The van der Waals surface area contributed by atoms with Crippen LogP contribution in [0.25, 0.3) is 0 Å². The normalized spacial score (nSPS) is 15.9. The molecule has 1 amide bonds. The topological polar surface area (TPSA) is 79.3 Å². The molecule has 1 unspecified atom stereocenters. The zero-order valence-electron chi connectivity index (χ0n) is 15.0. The predicted molar refractivity (Wildman–Crippen MR) is 93.6 cm³/mol. The molecule has 1 aliphatic rings. The van der Waals surface area contributed by atoms with E-state index in [1.165, 1.54) is 4.90 Å². The first-order valence-corrected chi connectivity index (χ1v) is 8.48. The van der Waals surface area contributed by atoms with Crippen LogP contribution in [0.4, 0.5) is 5.69 Å². The molecule has 1 aromatic carbocycles. The average Bonchev–Trinajstić information content (AvgIpc) is 2.56. The van der Waals surface area contributed by atoms with Crippen molar-refractivity contribution in [2.75, 3.05) is 38.3 Å². The summed E-state index contributed by atoms with van der Waals surface area (Å²) in [4.78, 5) is 27.8. The number of ether oxygens (including phenoxy) is 2. The number of esters is 1. The van der Waals surface area contributed by atoms with Gasteiger partial charge in [-0.15, -0.1) is 0 Å². The summed E-state index contributed by atoms with van der Waals surface area (Å²) in [6.07, 6.45) is -0.238. The van der Waals surface area contributed by atoms with E-state index in [1.807, 2.05) is 23.1 Å². The number of amides is 1. The third-order valence-corrected chi connectivity index (χ3v) is 4.05. The second kappa shape index (κ2) is 8.71. The van der Waals surface area contributed by atoms with Crippen molar-refractivity contribution in [2.45, 2.75) is 32.9 Å². The summed E-state index contributed by atoms with van der Waals surface area (Å²) in [7, 11) is 1.58. The van der Waals surface area contributed by atoms with Crippen molar-refractivity contribution in [2.24, 2.45) is 0 Å².